The molecule has 0 unspecified atom stereocenters. The van der Waals surface area contributed by atoms with E-state index in [1.54, 1.807) is 6.07 Å². The van der Waals surface area contributed by atoms with Crippen LogP contribution in [-0.4, -0.2) is 16.4 Å². The number of nitrogens with zero attached hydrogens (tertiary/aromatic N) is 3. The Hall–Kier alpha value is -2.59. The number of hydrogen-bond donors (Lipinski definition) is 0. The highest BCUT2D eigenvalue weighted by Crippen LogP contribution is 2.44. The van der Waals surface area contributed by atoms with Gasteiger partial charge in [0.15, 0.2) is 5.69 Å². The van der Waals surface area contributed by atoms with Crippen molar-refractivity contribution in [3.63, 3.8) is 0 Å². The Morgan fingerprint density at radius 3 is 1.86 bits per heavy atom. The predicted molar refractivity (Wildman–Crippen MR) is 97.9 cm³/mol. The Labute approximate surface area is 166 Å². The minimum Gasteiger partial charge on any atom is -0.356 e. The summed E-state index contributed by atoms with van der Waals surface area (Å²) in [4.78, 5) is 21.8. The number of benzene rings is 2. The summed E-state index contributed by atoms with van der Waals surface area (Å²) >= 11 is 12.2. The van der Waals surface area contributed by atoms with E-state index in [1.807, 2.05) is 0 Å². The standard InChI is InChI=1S/C16H12Cl2F3N3O4/c1-2-22(8-10-11(17)4-3-5-12(10)18)15-13(23(25)26)6-9(16(19,20)21)7-14(15)24(27)28/h3-7H,2,8H2,1H3. The maximum atomic E-state index is 13.0. The monoisotopic (exact) mass is 437 g/mol. The largest absolute Gasteiger partial charge is 0.416 e. The molecule has 0 saturated heterocycles. The van der Waals surface area contributed by atoms with E-state index >= 15 is 0 Å². The van der Waals surface area contributed by atoms with Crippen molar-refractivity contribution in [3.05, 3.63) is 71.7 Å². The zero-order valence-electron chi connectivity index (χ0n) is 14.2. The average Bonchev–Trinajstić information content (AvgIpc) is 2.59. The van der Waals surface area contributed by atoms with E-state index in [4.69, 9.17) is 23.2 Å². The first-order valence-corrected chi connectivity index (χ1v) is 8.44. The van der Waals surface area contributed by atoms with Gasteiger partial charge in [0.25, 0.3) is 11.4 Å². The lowest BCUT2D eigenvalue weighted by Crippen LogP contribution is -2.25. The molecule has 28 heavy (non-hydrogen) atoms. The molecule has 2 aromatic carbocycles. The Morgan fingerprint density at radius 1 is 1.04 bits per heavy atom. The SMILES string of the molecule is CCN(Cc1c(Cl)cccc1Cl)c1c([N+](=O)[O-])cc(C(F)(F)F)cc1[N+](=O)[O-]. The van der Waals surface area contributed by atoms with Crippen LogP contribution in [0.5, 0.6) is 0 Å². The molecule has 0 fully saturated rings. The zero-order valence-corrected chi connectivity index (χ0v) is 15.7. The quantitative estimate of drug-likeness (QED) is 0.417. The summed E-state index contributed by atoms with van der Waals surface area (Å²) in [7, 11) is 0. The summed E-state index contributed by atoms with van der Waals surface area (Å²) in [6.07, 6.45) is -4.99. The fourth-order valence-corrected chi connectivity index (χ4v) is 3.11. The minimum atomic E-state index is -4.99. The van der Waals surface area contributed by atoms with E-state index in [-0.39, 0.29) is 35.3 Å². The third kappa shape index (κ3) is 4.45. The molecular weight excluding hydrogens is 426 g/mol. The van der Waals surface area contributed by atoms with Crippen LogP contribution in [0, 0.1) is 20.2 Å². The van der Waals surface area contributed by atoms with Crippen LogP contribution in [0.25, 0.3) is 0 Å². The number of alkyl halides is 3. The fourth-order valence-electron chi connectivity index (χ4n) is 2.59. The molecule has 2 rings (SSSR count). The second-order valence-electron chi connectivity index (χ2n) is 5.59. The van der Waals surface area contributed by atoms with Crippen molar-refractivity contribution in [2.75, 3.05) is 11.4 Å². The summed E-state index contributed by atoms with van der Waals surface area (Å²) in [5, 5.41) is 23.3. The van der Waals surface area contributed by atoms with Crippen LogP contribution in [-0.2, 0) is 12.7 Å². The molecule has 0 aliphatic carbocycles. The Kier molecular flexibility index (Phi) is 6.35. The van der Waals surface area contributed by atoms with Gasteiger partial charge in [-0.2, -0.15) is 13.2 Å². The molecule has 12 heteroatoms. The summed E-state index contributed by atoms with van der Waals surface area (Å²) in [6.45, 7) is 1.37. The molecule has 0 heterocycles. The van der Waals surface area contributed by atoms with Gasteiger partial charge in [0.1, 0.15) is 0 Å². The second-order valence-corrected chi connectivity index (χ2v) is 6.40. The van der Waals surface area contributed by atoms with Crippen LogP contribution >= 0.6 is 23.2 Å². The molecule has 0 atom stereocenters. The molecule has 0 aromatic heterocycles. The van der Waals surface area contributed by atoms with Gasteiger partial charge in [0, 0.05) is 40.8 Å². The number of nitro groups is 2. The van der Waals surface area contributed by atoms with E-state index in [1.165, 1.54) is 24.0 Å². The van der Waals surface area contributed by atoms with Crippen molar-refractivity contribution in [2.45, 2.75) is 19.6 Å². The summed E-state index contributed by atoms with van der Waals surface area (Å²) in [6, 6.07) is 5.13. The van der Waals surface area contributed by atoms with E-state index in [0.29, 0.717) is 5.56 Å². The topological polar surface area (TPSA) is 89.5 Å². The highest BCUT2D eigenvalue weighted by atomic mass is 35.5. The van der Waals surface area contributed by atoms with Crippen molar-refractivity contribution in [3.8, 4) is 0 Å². The van der Waals surface area contributed by atoms with E-state index < -0.39 is 38.6 Å². The third-order valence-corrected chi connectivity index (χ3v) is 4.61. The van der Waals surface area contributed by atoms with Crippen LogP contribution in [0.15, 0.2) is 30.3 Å². The number of rotatable bonds is 6. The second kappa shape index (κ2) is 8.19. The van der Waals surface area contributed by atoms with Crippen LogP contribution < -0.4 is 4.90 Å². The number of hydrogen-bond acceptors (Lipinski definition) is 5. The normalized spacial score (nSPS) is 11.4. The molecule has 7 nitrogen and oxygen atoms in total. The lowest BCUT2D eigenvalue weighted by molar-refractivity contribution is -0.393. The van der Waals surface area contributed by atoms with Crippen LogP contribution in [0.4, 0.5) is 30.2 Å². The Morgan fingerprint density at radius 2 is 1.50 bits per heavy atom. The first-order chi connectivity index (χ1) is 13.0. The zero-order chi connectivity index (χ0) is 21.2. The van der Waals surface area contributed by atoms with Gasteiger partial charge in [-0.05, 0) is 19.1 Å². The fraction of sp³-hybridized carbons (Fsp3) is 0.250. The molecule has 0 bridgehead atoms. The van der Waals surface area contributed by atoms with E-state index in [2.05, 4.69) is 0 Å². The van der Waals surface area contributed by atoms with Crippen LogP contribution in [0.2, 0.25) is 10.0 Å². The van der Waals surface area contributed by atoms with Crippen LogP contribution in [0.1, 0.15) is 18.1 Å². The smallest absolute Gasteiger partial charge is 0.356 e. The highest BCUT2D eigenvalue weighted by Gasteiger charge is 2.39. The van der Waals surface area contributed by atoms with Gasteiger partial charge < -0.3 is 4.90 Å². The third-order valence-electron chi connectivity index (χ3n) is 3.90. The molecule has 2 aromatic rings. The highest BCUT2D eigenvalue weighted by molar-refractivity contribution is 6.36. The minimum absolute atomic E-state index is 0.00853. The van der Waals surface area contributed by atoms with Gasteiger partial charge in [-0.3, -0.25) is 20.2 Å². The molecule has 0 aliphatic rings. The maximum Gasteiger partial charge on any atom is 0.416 e. The Balaban J connectivity index is 2.73. The van der Waals surface area contributed by atoms with Crippen LogP contribution in [0.3, 0.4) is 0 Å². The van der Waals surface area contributed by atoms with Crippen molar-refractivity contribution >= 4 is 40.3 Å². The number of anilines is 1. The van der Waals surface area contributed by atoms with Gasteiger partial charge in [0.2, 0.25) is 0 Å². The molecule has 0 amide bonds. The van der Waals surface area contributed by atoms with Crippen molar-refractivity contribution < 1.29 is 23.0 Å². The molecule has 0 spiro atoms. The van der Waals surface area contributed by atoms with Crippen molar-refractivity contribution in [1.29, 1.82) is 0 Å². The summed E-state index contributed by atoms with van der Waals surface area (Å²) in [5.41, 5.74) is -3.78. The number of halogens is 5. The average molecular weight is 438 g/mol. The van der Waals surface area contributed by atoms with E-state index in [9.17, 15) is 33.4 Å². The van der Waals surface area contributed by atoms with Gasteiger partial charge in [0.05, 0.1) is 15.4 Å². The first kappa shape index (κ1) is 21.7. The van der Waals surface area contributed by atoms with E-state index in [0.717, 1.165) is 0 Å². The molecule has 0 aliphatic heterocycles. The lowest BCUT2D eigenvalue weighted by atomic mass is 10.1. The van der Waals surface area contributed by atoms with Gasteiger partial charge in [-0.1, -0.05) is 29.3 Å². The van der Waals surface area contributed by atoms with Gasteiger partial charge in [-0.25, -0.2) is 0 Å². The molecule has 0 saturated carbocycles. The van der Waals surface area contributed by atoms with Crippen molar-refractivity contribution in [1.82, 2.24) is 0 Å². The first-order valence-electron chi connectivity index (χ1n) is 7.69. The van der Waals surface area contributed by atoms with Crippen molar-refractivity contribution in [2.24, 2.45) is 0 Å². The van der Waals surface area contributed by atoms with Gasteiger partial charge in [-0.15, -0.1) is 0 Å². The molecule has 150 valence electrons. The maximum absolute atomic E-state index is 13.0. The number of nitro benzene ring substituents is 2. The molecular formula is C16H12Cl2F3N3O4. The van der Waals surface area contributed by atoms with Gasteiger partial charge >= 0.3 is 6.18 Å². The summed E-state index contributed by atoms with van der Waals surface area (Å²) < 4.78 is 39.1. The molecule has 0 radical (unpaired) electrons. The molecule has 0 N–H and O–H groups in total. The summed E-state index contributed by atoms with van der Waals surface area (Å²) in [5.74, 6) is 0. The Bertz CT molecular complexity index is 883. The predicted octanol–water partition coefficient (Wildman–Crippen LogP) is 5.86. The lowest BCUT2D eigenvalue weighted by Gasteiger charge is -2.24.